The second-order valence-corrected chi connectivity index (χ2v) is 7.72. The van der Waals surface area contributed by atoms with E-state index in [-0.39, 0.29) is 5.25 Å². The minimum atomic E-state index is -3.07. The maximum Gasteiger partial charge on any atom is 0.216 e. The molecule has 4 nitrogen and oxygen atoms in total. The van der Waals surface area contributed by atoms with Gasteiger partial charge in [-0.15, -0.1) is 0 Å². The largest absolute Gasteiger partial charge is 0.306 e. The Morgan fingerprint density at radius 2 is 1.81 bits per heavy atom. The number of piperidine rings is 1. The van der Waals surface area contributed by atoms with Gasteiger partial charge < -0.3 is 4.90 Å². The molecule has 1 aliphatic rings. The molecule has 0 aromatic heterocycles. The predicted octanol–water partition coefficient (Wildman–Crippen LogP) is 0.998. The Kier molecular flexibility index (Phi) is 4.76. The fourth-order valence-electron chi connectivity index (χ4n) is 2.07. The third-order valence-corrected chi connectivity index (χ3v) is 5.59. The molecular weight excluding hydrogens is 224 g/mol. The second kappa shape index (κ2) is 5.47. The number of sulfonamides is 1. The molecule has 0 spiro atoms. The molecule has 0 aromatic carbocycles. The van der Waals surface area contributed by atoms with Crippen molar-refractivity contribution in [2.45, 2.75) is 31.9 Å². The summed E-state index contributed by atoms with van der Waals surface area (Å²) in [5.41, 5.74) is 0. The highest BCUT2D eigenvalue weighted by Gasteiger charge is 2.26. The van der Waals surface area contributed by atoms with Gasteiger partial charge in [0.1, 0.15) is 0 Å². The topological polar surface area (TPSA) is 40.6 Å². The summed E-state index contributed by atoms with van der Waals surface area (Å²) in [5.74, 6) is 0.523. The summed E-state index contributed by atoms with van der Waals surface area (Å²) in [6, 6.07) is 0. The third-order valence-electron chi connectivity index (χ3n) is 3.38. The van der Waals surface area contributed by atoms with Crippen LogP contribution in [0.3, 0.4) is 0 Å². The summed E-state index contributed by atoms with van der Waals surface area (Å²) in [6.07, 6.45) is 2.21. The highest BCUT2D eigenvalue weighted by Crippen LogP contribution is 2.19. The van der Waals surface area contributed by atoms with Crippen molar-refractivity contribution >= 4 is 10.0 Å². The van der Waals surface area contributed by atoms with Crippen LogP contribution in [0.1, 0.15) is 26.7 Å². The lowest BCUT2D eigenvalue weighted by atomic mass is 9.97. The average molecular weight is 248 g/mol. The van der Waals surface area contributed by atoms with Crippen LogP contribution >= 0.6 is 0 Å². The van der Waals surface area contributed by atoms with Crippen molar-refractivity contribution in [1.82, 2.24) is 9.21 Å². The van der Waals surface area contributed by atoms with Gasteiger partial charge in [-0.25, -0.2) is 12.7 Å². The van der Waals surface area contributed by atoms with Gasteiger partial charge in [0.25, 0.3) is 0 Å². The molecule has 1 rings (SSSR count). The van der Waals surface area contributed by atoms with Crippen molar-refractivity contribution < 1.29 is 8.42 Å². The number of likely N-dealkylation sites (tertiary alicyclic amines) is 1. The van der Waals surface area contributed by atoms with Crippen molar-refractivity contribution in [2.24, 2.45) is 5.92 Å². The van der Waals surface area contributed by atoms with Crippen molar-refractivity contribution in [3.05, 3.63) is 0 Å². The summed E-state index contributed by atoms with van der Waals surface area (Å²) in [7, 11) is 0.748. The monoisotopic (exact) mass is 248 g/mol. The van der Waals surface area contributed by atoms with Crippen LogP contribution in [0.5, 0.6) is 0 Å². The first kappa shape index (κ1) is 13.9. The Hall–Kier alpha value is -0.130. The van der Waals surface area contributed by atoms with Gasteiger partial charge in [-0.1, -0.05) is 0 Å². The average Bonchev–Trinajstić information content (AvgIpc) is 2.21. The van der Waals surface area contributed by atoms with Crippen LogP contribution in [0, 0.1) is 5.92 Å². The van der Waals surface area contributed by atoms with E-state index in [9.17, 15) is 8.42 Å². The molecule has 0 amide bonds. The van der Waals surface area contributed by atoms with Crippen molar-refractivity contribution in [3.63, 3.8) is 0 Å². The maximum atomic E-state index is 11.9. The highest BCUT2D eigenvalue weighted by molar-refractivity contribution is 7.89. The van der Waals surface area contributed by atoms with Crippen molar-refractivity contribution in [3.8, 4) is 0 Å². The molecule has 0 aromatic rings. The molecule has 0 atom stereocenters. The lowest BCUT2D eigenvalue weighted by Crippen LogP contribution is -2.40. The Labute approximate surface area is 99.7 Å². The van der Waals surface area contributed by atoms with E-state index in [1.165, 1.54) is 4.31 Å². The number of rotatable bonds is 4. The van der Waals surface area contributed by atoms with Crippen molar-refractivity contribution in [2.75, 3.05) is 33.7 Å². The SMILES string of the molecule is CC(C)S(=O)(=O)N(C)CC1CCN(C)CC1. The van der Waals surface area contributed by atoms with Gasteiger partial charge in [0.2, 0.25) is 10.0 Å². The van der Waals surface area contributed by atoms with Crippen molar-refractivity contribution in [1.29, 1.82) is 0 Å². The van der Waals surface area contributed by atoms with Crippen LogP contribution < -0.4 is 0 Å². The number of nitrogens with zero attached hydrogens (tertiary/aromatic N) is 2. The molecule has 96 valence electrons. The molecule has 1 aliphatic heterocycles. The third kappa shape index (κ3) is 3.43. The van der Waals surface area contributed by atoms with Gasteiger partial charge in [0.05, 0.1) is 5.25 Å². The minimum Gasteiger partial charge on any atom is -0.306 e. The van der Waals surface area contributed by atoms with Gasteiger partial charge in [-0.2, -0.15) is 0 Å². The fourth-order valence-corrected chi connectivity index (χ4v) is 3.21. The van der Waals surface area contributed by atoms with Crippen LogP contribution in [0.2, 0.25) is 0 Å². The zero-order valence-electron chi connectivity index (χ0n) is 10.8. The van der Waals surface area contributed by atoms with Gasteiger partial charge in [0, 0.05) is 13.6 Å². The number of hydrogen-bond donors (Lipinski definition) is 0. The van der Waals surface area contributed by atoms with Crippen LogP contribution in [-0.4, -0.2) is 56.6 Å². The second-order valence-electron chi connectivity index (χ2n) is 5.12. The Morgan fingerprint density at radius 3 is 2.25 bits per heavy atom. The Morgan fingerprint density at radius 1 is 1.31 bits per heavy atom. The molecule has 0 N–H and O–H groups in total. The van der Waals surface area contributed by atoms with Gasteiger partial charge in [0.15, 0.2) is 0 Å². The first-order chi connectivity index (χ1) is 7.34. The molecule has 0 aliphatic carbocycles. The molecule has 5 heteroatoms. The van der Waals surface area contributed by atoms with E-state index in [0.29, 0.717) is 12.5 Å². The first-order valence-electron chi connectivity index (χ1n) is 5.97. The smallest absolute Gasteiger partial charge is 0.216 e. The molecule has 0 radical (unpaired) electrons. The Balaban J connectivity index is 2.49. The fraction of sp³-hybridized carbons (Fsp3) is 1.00. The highest BCUT2D eigenvalue weighted by atomic mass is 32.2. The molecular formula is C11H24N2O2S. The lowest BCUT2D eigenvalue weighted by Gasteiger charge is -2.31. The van der Waals surface area contributed by atoms with E-state index < -0.39 is 10.0 Å². The summed E-state index contributed by atoms with van der Waals surface area (Å²) < 4.78 is 25.3. The van der Waals surface area contributed by atoms with Crippen LogP contribution in [-0.2, 0) is 10.0 Å². The molecule has 16 heavy (non-hydrogen) atoms. The molecule has 1 saturated heterocycles. The predicted molar refractivity (Wildman–Crippen MR) is 66.9 cm³/mol. The molecule has 1 fully saturated rings. The van der Waals surface area contributed by atoms with E-state index in [1.54, 1.807) is 20.9 Å². The molecule has 0 unspecified atom stereocenters. The maximum absolute atomic E-state index is 11.9. The van der Waals surface area contributed by atoms with E-state index in [0.717, 1.165) is 25.9 Å². The summed E-state index contributed by atoms with van der Waals surface area (Å²) >= 11 is 0. The molecule has 1 heterocycles. The van der Waals surface area contributed by atoms with E-state index in [4.69, 9.17) is 0 Å². The zero-order valence-corrected chi connectivity index (χ0v) is 11.6. The standard InChI is InChI=1S/C11H24N2O2S/c1-10(2)16(14,15)13(4)9-11-5-7-12(3)8-6-11/h10-11H,5-9H2,1-4H3. The summed E-state index contributed by atoms with van der Waals surface area (Å²) in [4.78, 5) is 2.30. The van der Waals surface area contributed by atoms with E-state index in [2.05, 4.69) is 11.9 Å². The summed E-state index contributed by atoms with van der Waals surface area (Å²) in [5, 5.41) is -0.316. The van der Waals surface area contributed by atoms with E-state index in [1.807, 2.05) is 0 Å². The van der Waals surface area contributed by atoms with Gasteiger partial charge in [-0.05, 0) is 52.7 Å². The molecule has 0 saturated carbocycles. The van der Waals surface area contributed by atoms with Crippen LogP contribution in [0.15, 0.2) is 0 Å². The van der Waals surface area contributed by atoms with E-state index >= 15 is 0 Å². The first-order valence-corrected chi connectivity index (χ1v) is 7.48. The minimum absolute atomic E-state index is 0.316. The normalized spacial score (nSPS) is 20.9. The molecule has 0 bridgehead atoms. The van der Waals surface area contributed by atoms with Gasteiger partial charge >= 0.3 is 0 Å². The van der Waals surface area contributed by atoms with Gasteiger partial charge in [-0.3, -0.25) is 0 Å². The van der Waals surface area contributed by atoms with Crippen LogP contribution in [0.25, 0.3) is 0 Å². The zero-order chi connectivity index (χ0) is 12.3. The number of hydrogen-bond acceptors (Lipinski definition) is 3. The Bertz CT molecular complexity index is 306. The summed E-state index contributed by atoms with van der Waals surface area (Å²) in [6.45, 7) is 6.32. The van der Waals surface area contributed by atoms with Crippen LogP contribution in [0.4, 0.5) is 0 Å². The lowest BCUT2D eigenvalue weighted by molar-refractivity contribution is 0.202. The quantitative estimate of drug-likeness (QED) is 0.745.